The number of nitrogens with zero attached hydrogens (tertiary/aromatic N) is 1. The van der Waals surface area contributed by atoms with E-state index in [1.807, 2.05) is 36.4 Å². The van der Waals surface area contributed by atoms with Crippen LogP contribution in [0.15, 0.2) is 42.5 Å². The van der Waals surface area contributed by atoms with Crippen LogP contribution in [0.4, 0.5) is 0 Å². The van der Waals surface area contributed by atoms with Gasteiger partial charge in [0.05, 0.1) is 18.2 Å². The Hall–Kier alpha value is -2.45. The fourth-order valence-corrected chi connectivity index (χ4v) is 4.82. The van der Waals surface area contributed by atoms with Crippen molar-refractivity contribution in [3.05, 3.63) is 48.0 Å². The summed E-state index contributed by atoms with van der Waals surface area (Å²) < 4.78 is 24.9. The van der Waals surface area contributed by atoms with Crippen molar-refractivity contribution in [1.29, 1.82) is 0 Å². The highest BCUT2D eigenvalue weighted by Gasteiger charge is 2.28. The molecule has 0 radical (unpaired) electrons. The zero-order valence-corrected chi connectivity index (χ0v) is 15.6. The minimum atomic E-state index is -3.25. The van der Waals surface area contributed by atoms with Crippen LogP contribution in [0, 0.1) is 0 Å². The normalized spacial score (nSPS) is 17.6. The average molecular weight is 390 g/mol. The molecule has 0 unspecified atom stereocenters. The standard InChI is InChI=1S/C19H22N2O5S/c22-18(8-10-21-9-3-11-27(21,25)26)20-17(13-19(23)24)16-7-6-14-4-1-2-5-15(14)12-16/h1-2,4-7,12,17H,3,8-11,13H2,(H,20,22)(H,23,24)/t17-/m0/s1. The van der Waals surface area contributed by atoms with Gasteiger partial charge in [0, 0.05) is 19.5 Å². The SMILES string of the molecule is O=C(O)C[C@H](NC(=O)CCN1CCCS1(=O)=O)c1ccc2ccccc2c1. The molecule has 1 aliphatic heterocycles. The molecule has 27 heavy (non-hydrogen) atoms. The van der Waals surface area contributed by atoms with Gasteiger partial charge < -0.3 is 10.4 Å². The fourth-order valence-electron chi connectivity index (χ4n) is 3.29. The topological polar surface area (TPSA) is 104 Å². The lowest BCUT2D eigenvalue weighted by Crippen LogP contribution is -2.34. The van der Waals surface area contributed by atoms with Crippen molar-refractivity contribution in [3.63, 3.8) is 0 Å². The number of carboxylic acid groups (broad SMARTS) is 1. The average Bonchev–Trinajstić information content (AvgIpc) is 2.97. The molecule has 1 fully saturated rings. The van der Waals surface area contributed by atoms with E-state index < -0.39 is 22.0 Å². The van der Waals surface area contributed by atoms with E-state index in [0.717, 1.165) is 10.8 Å². The van der Waals surface area contributed by atoms with Crippen LogP contribution in [-0.4, -0.2) is 48.5 Å². The molecule has 0 saturated carbocycles. The highest BCUT2D eigenvalue weighted by Crippen LogP contribution is 2.23. The van der Waals surface area contributed by atoms with Crippen LogP contribution in [0.1, 0.15) is 30.9 Å². The number of carboxylic acids is 1. The van der Waals surface area contributed by atoms with E-state index in [-0.39, 0.29) is 31.0 Å². The minimum Gasteiger partial charge on any atom is -0.481 e. The van der Waals surface area contributed by atoms with Crippen LogP contribution in [0.5, 0.6) is 0 Å². The first-order valence-electron chi connectivity index (χ1n) is 8.83. The van der Waals surface area contributed by atoms with Gasteiger partial charge >= 0.3 is 5.97 Å². The smallest absolute Gasteiger partial charge is 0.305 e. The maximum absolute atomic E-state index is 12.3. The molecule has 8 heteroatoms. The molecule has 0 bridgehead atoms. The predicted molar refractivity (Wildman–Crippen MR) is 102 cm³/mol. The highest BCUT2D eigenvalue weighted by atomic mass is 32.2. The highest BCUT2D eigenvalue weighted by molar-refractivity contribution is 7.89. The Morgan fingerprint density at radius 1 is 1.15 bits per heavy atom. The Balaban J connectivity index is 1.70. The summed E-state index contributed by atoms with van der Waals surface area (Å²) in [5.74, 6) is -1.26. The zero-order valence-electron chi connectivity index (χ0n) is 14.8. The number of benzene rings is 2. The van der Waals surface area contributed by atoms with Gasteiger partial charge in [-0.15, -0.1) is 0 Å². The molecule has 144 valence electrons. The number of hydrogen-bond acceptors (Lipinski definition) is 4. The molecule has 1 saturated heterocycles. The van der Waals surface area contributed by atoms with Crippen molar-refractivity contribution in [2.24, 2.45) is 0 Å². The van der Waals surface area contributed by atoms with Gasteiger partial charge in [-0.25, -0.2) is 12.7 Å². The van der Waals surface area contributed by atoms with Crippen LogP contribution >= 0.6 is 0 Å². The molecule has 1 atom stereocenters. The summed E-state index contributed by atoms with van der Waals surface area (Å²) >= 11 is 0. The molecule has 0 aromatic heterocycles. The monoisotopic (exact) mass is 390 g/mol. The number of carbonyl (C=O) groups is 2. The summed E-state index contributed by atoms with van der Waals surface area (Å²) in [6.07, 6.45) is 0.331. The Bertz CT molecular complexity index is 957. The van der Waals surface area contributed by atoms with Crippen LogP contribution in [0.2, 0.25) is 0 Å². The van der Waals surface area contributed by atoms with Gasteiger partial charge in [0.15, 0.2) is 0 Å². The molecule has 0 spiro atoms. The van der Waals surface area contributed by atoms with E-state index in [2.05, 4.69) is 5.32 Å². The van der Waals surface area contributed by atoms with E-state index in [0.29, 0.717) is 18.5 Å². The largest absolute Gasteiger partial charge is 0.481 e. The third kappa shape index (κ3) is 4.84. The lowest BCUT2D eigenvalue weighted by atomic mass is 9.99. The number of aliphatic carboxylic acids is 1. The van der Waals surface area contributed by atoms with Gasteiger partial charge in [-0.1, -0.05) is 36.4 Å². The van der Waals surface area contributed by atoms with Crippen LogP contribution in [0.3, 0.4) is 0 Å². The second kappa shape index (κ2) is 8.06. The number of carbonyl (C=O) groups excluding carboxylic acids is 1. The first-order valence-corrected chi connectivity index (χ1v) is 10.4. The molecule has 2 aromatic carbocycles. The van der Waals surface area contributed by atoms with Crippen molar-refractivity contribution in [1.82, 2.24) is 9.62 Å². The molecule has 1 aliphatic rings. The Morgan fingerprint density at radius 3 is 2.56 bits per heavy atom. The molecule has 2 aromatic rings. The van der Waals surface area contributed by atoms with Crippen molar-refractivity contribution in [3.8, 4) is 0 Å². The van der Waals surface area contributed by atoms with Gasteiger partial charge in [0.25, 0.3) is 0 Å². The second-order valence-corrected chi connectivity index (χ2v) is 8.73. The first-order chi connectivity index (χ1) is 12.8. The molecular formula is C19H22N2O5S. The summed E-state index contributed by atoms with van der Waals surface area (Å²) in [6, 6.07) is 12.6. The maximum Gasteiger partial charge on any atom is 0.305 e. The van der Waals surface area contributed by atoms with Crippen molar-refractivity contribution in [2.75, 3.05) is 18.8 Å². The molecular weight excluding hydrogens is 368 g/mol. The number of fused-ring (bicyclic) bond motifs is 1. The summed E-state index contributed by atoms with van der Waals surface area (Å²) in [5, 5.41) is 13.9. The minimum absolute atomic E-state index is 0.00291. The summed E-state index contributed by atoms with van der Waals surface area (Å²) in [5.41, 5.74) is 0.707. The molecule has 1 heterocycles. The maximum atomic E-state index is 12.3. The number of rotatable bonds is 7. The van der Waals surface area contributed by atoms with Gasteiger partial charge in [-0.05, 0) is 28.8 Å². The number of nitrogens with one attached hydrogen (secondary N) is 1. The third-order valence-corrected chi connectivity index (χ3v) is 6.64. The van der Waals surface area contributed by atoms with E-state index in [1.165, 1.54) is 4.31 Å². The second-order valence-electron chi connectivity index (χ2n) is 6.64. The molecule has 7 nitrogen and oxygen atoms in total. The van der Waals surface area contributed by atoms with Crippen molar-refractivity contribution < 1.29 is 23.1 Å². The van der Waals surface area contributed by atoms with E-state index >= 15 is 0 Å². The lowest BCUT2D eigenvalue weighted by Gasteiger charge is -2.19. The molecule has 3 rings (SSSR count). The van der Waals surface area contributed by atoms with Crippen molar-refractivity contribution in [2.45, 2.75) is 25.3 Å². The van der Waals surface area contributed by atoms with Gasteiger partial charge in [-0.3, -0.25) is 9.59 Å². The number of sulfonamides is 1. The lowest BCUT2D eigenvalue weighted by molar-refractivity contribution is -0.137. The predicted octanol–water partition coefficient (Wildman–Crippen LogP) is 1.90. The molecule has 2 N–H and O–H groups in total. The molecule has 1 amide bonds. The Labute approximate surface area is 158 Å². The van der Waals surface area contributed by atoms with Gasteiger partial charge in [0.2, 0.25) is 15.9 Å². The summed E-state index contributed by atoms with van der Waals surface area (Å²) in [6.45, 7) is 0.546. The zero-order chi connectivity index (χ0) is 19.4. The molecule has 0 aliphatic carbocycles. The van der Waals surface area contributed by atoms with Crippen LogP contribution < -0.4 is 5.32 Å². The number of hydrogen-bond donors (Lipinski definition) is 2. The van der Waals surface area contributed by atoms with Crippen LogP contribution in [0.25, 0.3) is 10.8 Å². The van der Waals surface area contributed by atoms with Crippen molar-refractivity contribution >= 4 is 32.7 Å². The van der Waals surface area contributed by atoms with Gasteiger partial charge in [-0.2, -0.15) is 0 Å². The Morgan fingerprint density at radius 2 is 1.89 bits per heavy atom. The number of amides is 1. The van der Waals surface area contributed by atoms with Crippen LogP contribution in [-0.2, 0) is 19.6 Å². The van der Waals surface area contributed by atoms with Gasteiger partial charge in [0.1, 0.15) is 0 Å². The third-order valence-electron chi connectivity index (χ3n) is 4.68. The summed E-state index contributed by atoms with van der Waals surface area (Å²) in [7, 11) is -3.25. The Kier molecular flexibility index (Phi) is 5.76. The van der Waals surface area contributed by atoms with E-state index in [1.54, 1.807) is 6.07 Å². The first kappa shape index (κ1) is 19.3. The fraction of sp³-hybridized carbons (Fsp3) is 0.368. The summed E-state index contributed by atoms with van der Waals surface area (Å²) in [4.78, 5) is 23.6. The van der Waals surface area contributed by atoms with E-state index in [4.69, 9.17) is 0 Å². The van der Waals surface area contributed by atoms with E-state index in [9.17, 15) is 23.1 Å². The quantitative estimate of drug-likeness (QED) is 0.751.